The number of oxime groups is 1. The molecule has 0 spiro atoms. The lowest BCUT2D eigenvalue weighted by Gasteiger charge is -2.16. The largest absolute Gasteiger partial charge is 0.386 e. The molecule has 142 valence electrons. The van der Waals surface area contributed by atoms with Gasteiger partial charge in [-0.3, -0.25) is 0 Å². The quantitative estimate of drug-likeness (QED) is 0.344. The summed E-state index contributed by atoms with van der Waals surface area (Å²) in [5, 5.41) is 3.58. The first kappa shape index (κ1) is 20.4. The van der Waals surface area contributed by atoms with Crippen LogP contribution in [0, 0.1) is 23.3 Å². The Morgan fingerprint density at radius 3 is 2.44 bits per heavy atom. The minimum absolute atomic E-state index is 0. The van der Waals surface area contributed by atoms with Gasteiger partial charge in [0.1, 0.15) is 23.3 Å². The maximum absolute atomic E-state index is 14.1. The average molecular weight is 400 g/mol. The SMILES string of the molecule is Cl.Fc1ccc(C(Cn2ccnc2)O/N=C/c2c(F)cccc2F)c(F)c1. The second-order valence-electron chi connectivity index (χ2n) is 5.39. The molecule has 1 aromatic heterocycles. The van der Waals surface area contributed by atoms with Gasteiger partial charge in [0.15, 0.2) is 6.10 Å². The van der Waals surface area contributed by atoms with Crippen LogP contribution in [-0.2, 0) is 11.4 Å². The molecule has 0 fully saturated rings. The summed E-state index contributed by atoms with van der Waals surface area (Å²) in [5.41, 5.74) is -0.334. The lowest BCUT2D eigenvalue weighted by Crippen LogP contribution is -2.12. The maximum atomic E-state index is 14.1. The Labute approximate surface area is 158 Å². The van der Waals surface area contributed by atoms with Crippen molar-refractivity contribution in [3.05, 3.63) is 89.5 Å². The van der Waals surface area contributed by atoms with Gasteiger partial charge in [-0.1, -0.05) is 11.2 Å². The summed E-state index contributed by atoms with van der Waals surface area (Å²) in [6.45, 7) is 0.111. The Morgan fingerprint density at radius 2 is 1.81 bits per heavy atom. The molecule has 9 heteroatoms. The van der Waals surface area contributed by atoms with Crippen molar-refractivity contribution in [1.82, 2.24) is 9.55 Å². The smallest absolute Gasteiger partial charge is 0.173 e. The highest BCUT2D eigenvalue weighted by atomic mass is 35.5. The molecule has 3 aromatic rings. The number of nitrogens with zero attached hydrogens (tertiary/aromatic N) is 3. The van der Waals surface area contributed by atoms with Gasteiger partial charge in [-0.05, 0) is 24.3 Å². The summed E-state index contributed by atoms with van der Waals surface area (Å²) in [4.78, 5) is 9.13. The number of rotatable bonds is 6. The van der Waals surface area contributed by atoms with Crippen molar-refractivity contribution in [2.75, 3.05) is 0 Å². The molecule has 0 saturated heterocycles. The zero-order valence-corrected chi connectivity index (χ0v) is 14.5. The minimum Gasteiger partial charge on any atom is -0.386 e. The zero-order valence-electron chi connectivity index (χ0n) is 13.7. The lowest BCUT2D eigenvalue weighted by atomic mass is 10.1. The summed E-state index contributed by atoms with van der Waals surface area (Å²) < 4.78 is 56.1. The molecule has 0 saturated carbocycles. The zero-order chi connectivity index (χ0) is 18.5. The topological polar surface area (TPSA) is 39.4 Å². The molecule has 0 aliphatic heterocycles. The molecule has 0 aliphatic rings. The average Bonchev–Trinajstić information content (AvgIpc) is 3.10. The first-order valence-electron chi connectivity index (χ1n) is 7.58. The molecule has 1 atom stereocenters. The molecular weight excluding hydrogens is 386 g/mol. The van der Waals surface area contributed by atoms with E-state index < -0.39 is 29.4 Å². The van der Waals surface area contributed by atoms with Crippen LogP contribution in [0.1, 0.15) is 17.2 Å². The highest BCUT2D eigenvalue weighted by molar-refractivity contribution is 5.85. The first-order valence-corrected chi connectivity index (χ1v) is 7.58. The van der Waals surface area contributed by atoms with Gasteiger partial charge >= 0.3 is 0 Å². The third-order valence-corrected chi connectivity index (χ3v) is 3.61. The van der Waals surface area contributed by atoms with Crippen molar-refractivity contribution in [2.24, 2.45) is 5.16 Å². The highest BCUT2D eigenvalue weighted by Gasteiger charge is 2.19. The van der Waals surface area contributed by atoms with Crippen molar-refractivity contribution < 1.29 is 22.4 Å². The monoisotopic (exact) mass is 399 g/mol. The number of imidazole rings is 1. The number of hydrogen-bond acceptors (Lipinski definition) is 3. The van der Waals surface area contributed by atoms with E-state index in [9.17, 15) is 17.6 Å². The van der Waals surface area contributed by atoms with Crippen molar-refractivity contribution in [1.29, 1.82) is 0 Å². The van der Waals surface area contributed by atoms with Crippen LogP contribution < -0.4 is 0 Å². The predicted octanol–water partition coefficient (Wildman–Crippen LogP) is 4.65. The van der Waals surface area contributed by atoms with Crippen LogP contribution in [0.3, 0.4) is 0 Å². The van der Waals surface area contributed by atoms with Gasteiger partial charge in [0.05, 0.1) is 24.7 Å². The lowest BCUT2D eigenvalue weighted by molar-refractivity contribution is 0.0442. The molecule has 1 unspecified atom stereocenters. The van der Waals surface area contributed by atoms with E-state index in [1.54, 1.807) is 10.8 Å². The summed E-state index contributed by atoms with van der Waals surface area (Å²) >= 11 is 0. The van der Waals surface area contributed by atoms with Crippen LogP contribution in [0.15, 0.2) is 60.3 Å². The Kier molecular flexibility index (Phi) is 6.95. The summed E-state index contributed by atoms with van der Waals surface area (Å²) in [5.74, 6) is -3.17. The van der Waals surface area contributed by atoms with E-state index in [0.29, 0.717) is 0 Å². The number of aromatic nitrogens is 2. The molecule has 3 rings (SSSR count). The van der Waals surface area contributed by atoms with E-state index in [0.717, 1.165) is 30.5 Å². The molecule has 1 heterocycles. The van der Waals surface area contributed by atoms with Crippen LogP contribution in [0.4, 0.5) is 17.6 Å². The van der Waals surface area contributed by atoms with Gasteiger partial charge in [-0.25, -0.2) is 22.5 Å². The van der Waals surface area contributed by atoms with E-state index in [1.165, 1.54) is 24.7 Å². The van der Waals surface area contributed by atoms with Crippen LogP contribution in [0.25, 0.3) is 0 Å². The summed E-state index contributed by atoms with van der Waals surface area (Å²) in [7, 11) is 0. The number of halogens is 5. The van der Waals surface area contributed by atoms with Crippen molar-refractivity contribution in [3.63, 3.8) is 0 Å². The van der Waals surface area contributed by atoms with Crippen LogP contribution in [-0.4, -0.2) is 15.8 Å². The molecule has 0 bridgehead atoms. The van der Waals surface area contributed by atoms with Crippen molar-refractivity contribution in [3.8, 4) is 0 Å². The normalized spacial score (nSPS) is 12.0. The first-order chi connectivity index (χ1) is 12.5. The van der Waals surface area contributed by atoms with Gasteiger partial charge < -0.3 is 9.40 Å². The Balaban J connectivity index is 0.00000261. The fourth-order valence-corrected chi connectivity index (χ4v) is 2.33. The van der Waals surface area contributed by atoms with E-state index in [-0.39, 0.29) is 30.1 Å². The predicted molar refractivity (Wildman–Crippen MR) is 93.6 cm³/mol. The highest BCUT2D eigenvalue weighted by Crippen LogP contribution is 2.24. The minimum atomic E-state index is -0.962. The van der Waals surface area contributed by atoms with Crippen LogP contribution in [0.2, 0.25) is 0 Å². The molecular formula is C18H14ClF4N3O. The van der Waals surface area contributed by atoms with Crippen LogP contribution >= 0.6 is 12.4 Å². The Bertz CT molecular complexity index is 899. The summed E-state index contributed by atoms with van der Waals surface area (Å²) in [6.07, 6.45) is 4.54. The molecule has 4 nitrogen and oxygen atoms in total. The van der Waals surface area contributed by atoms with Crippen molar-refractivity contribution >= 4 is 18.6 Å². The molecule has 0 amide bonds. The molecule has 2 aromatic carbocycles. The van der Waals surface area contributed by atoms with Gasteiger partial charge in [-0.2, -0.15) is 0 Å². The molecule has 0 aliphatic carbocycles. The fourth-order valence-electron chi connectivity index (χ4n) is 2.33. The van der Waals surface area contributed by atoms with Gasteiger partial charge in [0.25, 0.3) is 0 Å². The van der Waals surface area contributed by atoms with Gasteiger partial charge in [-0.15, -0.1) is 12.4 Å². The second kappa shape index (κ2) is 9.18. The molecule has 27 heavy (non-hydrogen) atoms. The fraction of sp³-hybridized carbons (Fsp3) is 0.111. The molecule has 0 N–H and O–H groups in total. The third-order valence-electron chi connectivity index (χ3n) is 3.61. The number of hydrogen-bond donors (Lipinski definition) is 0. The Morgan fingerprint density at radius 1 is 1.07 bits per heavy atom. The van der Waals surface area contributed by atoms with E-state index in [1.807, 2.05) is 0 Å². The van der Waals surface area contributed by atoms with E-state index in [4.69, 9.17) is 4.84 Å². The van der Waals surface area contributed by atoms with Gasteiger partial charge in [0.2, 0.25) is 0 Å². The van der Waals surface area contributed by atoms with E-state index >= 15 is 0 Å². The van der Waals surface area contributed by atoms with Gasteiger partial charge in [0, 0.05) is 24.0 Å². The maximum Gasteiger partial charge on any atom is 0.173 e. The van der Waals surface area contributed by atoms with Crippen LogP contribution in [0.5, 0.6) is 0 Å². The number of benzene rings is 2. The summed E-state index contributed by atoms with van der Waals surface area (Å²) in [6, 6.07) is 6.41. The molecule has 0 radical (unpaired) electrons. The standard InChI is InChI=1S/C18H13F4N3O.ClH/c19-12-4-5-13(17(22)8-12)18(10-25-7-6-23-11-25)26-24-9-14-15(20)2-1-3-16(14)21;/h1-9,11,18H,10H2;1H/b24-9+;. The van der Waals surface area contributed by atoms with Crippen molar-refractivity contribution in [2.45, 2.75) is 12.6 Å². The second-order valence-corrected chi connectivity index (χ2v) is 5.39. The third kappa shape index (κ3) is 5.07. The van der Waals surface area contributed by atoms with E-state index in [2.05, 4.69) is 10.1 Å². The Hall–Kier alpha value is -2.87.